The highest BCUT2D eigenvalue weighted by Crippen LogP contribution is 2.09. The van der Waals surface area contributed by atoms with Gasteiger partial charge in [-0.05, 0) is 32.0 Å². The van der Waals surface area contributed by atoms with Gasteiger partial charge in [0, 0.05) is 6.20 Å². The van der Waals surface area contributed by atoms with Crippen molar-refractivity contribution < 1.29 is 5.11 Å². The maximum atomic E-state index is 9.90. The summed E-state index contributed by atoms with van der Waals surface area (Å²) >= 11 is 0. The zero-order valence-corrected chi connectivity index (χ0v) is 10.1. The number of aliphatic hydroxyl groups is 1. The van der Waals surface area contributed by atoms with Crippen LogP contribution in [0.5, 0.6) is 0 Å². The molecule has 0 aromatic heterocycles. The quantitative estimate of drug-likeness (QED) is 0.255. The first-order valence-corrected chi connectivity index (χ1v) is 5.56. The summed E-state index contributed by atoms with van der Waals surface area (Å²) in [5.74, 6) is 0.294. The maximum absolute atomic E-state index is 9.90. The van der Waals surface area contributed by atoms with E-state index < -0.39 is 6.23 Å². The molecule has 1 heterocycles. The molecule has 5 nitrogen and oxygen atoms in total. The molecule has 0 radical (unpaired) electrons. The molecule has 0 aromatic rings. The average molecular weight is 234 g/mol. The second-order valence-electron chi connectivity index (χ2n) is 3.73. The van der Waals surface area contributed by atoms with Crippen LogP contribution in [0.1, 0.15) is 20.3 Å². The van der Waals surface area contributed by atoms with Gasteiger partial charge in [-0.2, -0.15) is 0 Å². The van der Waals surface area contributed by atoms with E-state index in [2.05, 4.69) is 11.0 Å². The number of allylic oxidation sites excluding steroid dienone is 1. The highest BCUT2D eigenvalue weighted by atomic mass is 16.3. The van der Waals surface area contributed by atoms with Crippen molar-refractivity contribution in [2.24, 2.45) is 0 Å². The fourth-order valence-electron chi connectivity index (χ4n) is 1.41. The summed E-state index contributed by atoms with van der Waals surface area (Å²) in [5, 5.41) is 28.3. The van der Waals surface area contributed by atoms with Crippen LogP contribution in [0.4, 0.5) is 0 Å². The Balaban J connectivity index is 2.90. The van der Waals surface area contributed by atoms with Gasteiger partial charge in [0.15, 0.2) is 0 Å². The van der Waals surface area contributed by atoms with Gasteiger partial charge in [-0.15, -0.1) is 5.73 Å². The van der Waals surface area contributed by atoms with E-state index in [-0.39, 0.29) is 11.7 Å². The lowest BCUT2D eigenvalue weighted by Crippen LogP contribution is -2.39. The van der Waals surface area contributed by atoms with Crippen molar-refractivity contribution in [3.63, 3.8) is 0 Å². The van der Waals surface area contributed by atoms with Crippen LogP contribution in [-0.2, 0) is 0 Å². The molecule has 0 spiro atoms. The molecule has 0 aliphatic carbocycles. The van der Waals surface area contributed by atoms with E-state index in [9.17, 15) is 5.11 Å². The average Bonchev–Trinajstić information content (AvgIpc) is 2.48. The van der Waals surface area contributed by atoms with Crippen molar-refractivity contribution in [2.45, 2.75) is 26.5 Å². The van der Waals surface area contributed by atoms with Gasteiger partial charge in [-0.1, -0.05) is 6.92 Å². The minimum absolute atomic E-state index is 0.0682. The van der Waals surface area contributed by atoms with Gasteiger partial charge in [0.1, 0.15) is 17.9 Å². The molecule has 0 saturated heterocycles. The van der Waals surface area contributed by atoms with Crippen molar-refractivity contribution in [3.05, 3.63) is 29.7 Å². The first kappa shape index (κ1) is 13.4. The van der Waals surface area contributed by atoms with E-state index in [1.807, 2.05) is 6.92 Å². The lowest BCUT2D eigenvalue weighted by Gasteiger charge is -2.22. The summed E-state index contributed by atoms with van der Waals surface area (Å²) in [4.78, 5) is 1.39. The lowest BCUT2D eigenvalue weighted by molar-refractivity contribution is 0.178. The van der Waals surface area contributed by atoms with E-state index in [0.29, 0.717) is 12.1 Å². The molecule has 0 bridgehead atoms. The Kier molecular flexibility index (Phi) is 4.84. The molecule has 1 aliphatic heterocycles. The summed E-state index contributed by atoms with van der Waals surface area (Å²) in [6.07, 6.45) is 4.89. The number of nitrogens with one attached hydrogen (secondary N) is 3. The Morgan fingerprint density at radius 1 is 1.65 bits per heavy atom. The van der Waals surface area contributed by atoms with Crippen LogP contribution < -0.4 is 5.32 Å². The molecular weight excluding hydrogens is 216 g/mol. The number of nitrogens with zero attached hydrogens (tertiary/aromatic N) is 1. The van der Waals surface area contributed by atoms with E-state index in [0.717, 1.165) is 6.42 Å². The van der Waals surface area contributed by atoms with Gasteiger partial charge in [-0.25, -0.2) is 0 Å². The topological polar surface area (TPSA) is 83.2 Å². The third-order valence-corrected chi connectivity index (χ3v) is 2.29. The molecule has 0 amide bonds. The lowest BCUT2D eigenvalue weighted by atomic mass is 10.2. The molecular formula is C12H18N4O. The summed E-state index contributed by atoms with van der Waals surface area (Å²) in [6.45, 7) is 4.25. The second kappa shape index (κ2) is 6.15. The zero-order valence-electron chi connectivity index (χ0n) is 10.1. The molecule has 1 aliphatic rings. The first-order valence-electron chi connectivity index (χ1n) is 5.56. The predicted molar refractivity (Wildman–Crippen MR) is 68.0 cm³/mol. The van der Waals surface area contributed by atoms with Crippen molar-refractivity contribution in [1.82, 2.24) is 10.2 Å². The minimum Gasteiger partial charge on any atom is -0.373 e. The molecule has 0 saturated carbocycles. The zero-order chi connectivity index (χ0) is 12.8. The summed E-state index contributed by atoms with van der Waals surface area (Å²) in [6, 6.07) is 0. The first-order chi connectivity index (χ1) is 8.07. The maximum Gasteiger partial charge on any atom is 0.145 e. The highest BCUT2D eigenvalue weighted by molar-refractivity contribution is 6.07. The number of amidine groups is 2. The van der Waals surface area contributed by atoms with Crippen molar-refractivity contribution in [3.8, 4) is 0 Å². The van der Waals surface area contributed by atoms with E-state index in [4.69, 9.17) is 10.8 Å². The smallest absolute Gasteiger partial charge is 0.145 e. The van der Waals surface area contributed by atoms with Crippen LogP contribution in [0.3, 0.4) is 0 Å². The summed E-state index contributed by atoms with van der Waals surface area (Å²) in [7, 11) is 0. The number of hydrogen-bond acceptors (Lipinski definition) is 4. The van der Waals surface area contributed by atoms with Crippen LogP contribution in [0.15, 0.2) is 29.7 Å². The van der Waals surface area contributed by atoms with Crippen molar-refractivity contribution in [1.29, 1.82) is 10.8 Å². The van der Waals surface area contributed by atoms with Gasteiger partial charge < -0.3 is 5.11 Å². The third kappa shape index (κ3) is 3.39. The molecule has 4 N–H and O–H groups in total. The molecule has 0 aromatic carbocycles. The molecule has 0 fully saturated rings. The number of hydrogen-bond donors (Lipinski definition) is 4. The van der Waals surface area contributed by atoms with Gasteiger partial charge in [0.2, 0.25) is 0 Å². The van der Waals surface area contributed by atoms with Crippen LogP contribution in [0.2, 0.25) is 0 Å². The van der Waals surface area contributed by atoms with Crippen molar-refractivity contribution in [2.75, 3.05) is 6.54 Å². The van der Waals surface area contributed by atoms with Crippen LogP contribution in [0, 0.1) is 10.8 Å². The normalized spacial score (nSPS) is 16.8. The Morgan fingerprint density at radius 3 is 2.94 bits per heavy atom. The Bertz CT molecular complexity index is 405. The van der Waals surface area contributed by atoms with E-state index in [1.54, 1.807) is 25.3 Å². The minimum atomic E-state index is -0.930. The van der Waals surface area contributed by atoms with Crippen LogP contribution in [-0.4, -0.2) is 34.5 Å². The Morgan fingerprint density at radius 2 is 2.35 bits per heavy atom. The molecule has 5 heteroatoms. The molecule has 17 heavy (non-hydrogen) atoms. The summed E-state index contributed by atoms with van der Waals surface area (Å²) < 4.78 is 0. The Hall–Kier alpha value is -1.68. The van der Waals surface area contributed by atoms with Gasteiger partial charge in [-0.3, -0.25) is 21.0 Å². The number of aliphatic hydroxyl groups excluding tert-OH is 1. The number of rotatable bonds is 4. The fraction of sp³-hybridized carbons (Fsp3) is 0.417. The van der Waals surface area contributed by atoms with Gasteiger partial charge >= 0.3 is 0 Å². The highest BCUT2D eigenvalue weighted by Gasteiger charge is 2.20. The monoisotopic (exact) mass is 234 g/mol. The SMILES string of the molecule is CCCNC(O)C1=C=CC=CN(C(C)=N)C1=N. The van der Waals surface area contributed by atoms with E-state index >= 15 is 0 Å². The predicted octanol–water partition coefficient (Wildman–Crippen LogP) is 1.19. The largest absolute Gasteiger partial charge is 0.373 e. The second-order valence-corrected chi connectivity index (χ2v) is 3.73. The molecule has 1 unspecified atom stereocenters. The van der Waals surface area contributed by atoms with Gasteiger partial charge in [0.05, 0.1) is 5.57 Å². The van der Waals surface area contributed by atoms with E-state index in [1.165, 1.54) is 4.90 Å². The summed E-state index contributed by atoms with van der Waals surface area (Å²) in [5.41, 5.74) is 3.20. The Labute approximate surface area is 101 Å². The van der Waals surface area contributed by atoms with Crippen LogP contribution in [0.25, 0.3) is 0 Å². The standard InChI is InChI=1S/C12H18N4O/c1-3-7-15-12(17)10-6-4-5-8-16(9(2)13)11(10)14/h4-5,8,12-15,17H,3,7H2,1-2H3. The molecule has 1 rings (SSSR count). The molecule has 1 atom stereocenters. The molecule has 92 valence electrons. The van der Waals surface area contributed by atoms with Crippen molar-refractivity contribution >= 4 is 11.7 Å². The van der Waals surface area contributed by atoms with Gasteiger partial charge in [0.25, 0.3) is 0 Å². The third-order valence-electron chi connectivity index (χ3n) is 2.29. The van der Waals surface area contributed by atoms with Crippen LogP contribution >= 0.6 is 0 Å². The fourth-order valence-corrected chi connectivity index (χ4v) is 1.41.